The van der Waals surface area contributed by atoms with E-state index < -0.39 is 5.91 Å². The van der Waals surface area contributed by atoms with Gasteiger partial charge in [0.2, 0.25) is 11.8 Å². The SMILES string of the molecule is CNC(=O)[C@@H](CC(=O)NO)CC(C)C. The minimum Gasteiger partial charge on any atom is -0.359 e. The van der Waals surface area contributed by atoms with Crippen molar-refractivity contribution in [1.82, 2.24) is 10.8 Å². The van der Waals surface area contributed by atoms with Crippen LogP contribution in [0.25, 0.3) is 0 Å². The second-order valence-corrected chi connectivity index (χ2v) is 3.68. The Morgan fingerprint density at radius 3 is 2.29 bits per heavy atom. The highest BCUT2D eigenvalue weighted by Gasteiger charge is 2.21. The Hall–Kier alpha value is -1.10. The molecule has 0 fully saturated rings. The first-order valence-electron chi connectivity index (χ1n) is 4.65. The topological polar surface area (TPSA) is 78.4 Å². The fourth-order valence-corrected chi connectivity index (χ4v) is 1.33. The molecule has 82 valence electrons. The first-order chi connectivity index (χ1) is 6.51. The van der Waals surface area contributed by atoms with Crippen molar-refractivity contribution in [1.29, 1.82) is 0 Å². The Kier molecular flexibility index (Phi) is 5.87. The molecule has 0 bridgehead atoms. The first kappa shape index (κ1) is 12.9. The number of amides is 2. The van der Waals surface area contributed by atoms with Crippen molar-refractivity contribution in [2.45, 2.75) is 26.7 Å². The highest BCUT2D eigenvalue weighted by molar-refractivity contribution is 5.85. The van der Waals surface area contributed by atoms with Crippen molar-refractivity contribution < 1.29 is 14.8 Å². The molecular formula is C9H18N2O3. The number of rotatable bonds is 5. The average molecular weight is 202 g/mol. The Labute approximate surface area is 83.8 Å². The number of carbonyl (C=O) groups is 2. The van der Waals surface area contributed by atoms with E-state index in [9.17, 15) is 9.59 Å². The second kappa shape index (κ2) is 6.37. The lowest BCUT2D eigenvalue weighted by Crippen LogP contribution is -2.33. The zero-order valence-electron chi connectivity index (χ0n) is 8.83. The number of nitrogens with one attached hydrogen (secondary N) is 2. The van der Waals surface area contributed by atoms with Crippen LogP contribution >= 0.6 is 0 Å². The maximum atomic E-state index is 11.3. The summed E-state index contributed by atoms with van der Waals surface area (Å²) in [5, 5.41) is 10.8. The van der Waals surface area contributed by atoms with Crippen LogP contribution in [0, 0.1) is 11.8 Å². The lowest BCUT2D eigenvalue weighted by molar-refractivity contribution is -0.135. The normalized spacial score (nSPS) is 12.4. The Morgan fingerprint density at radius 1 is 1.36 bits per heavy atom. The van der Waals surface area contributed by atoms with Gasteiger partial charge in [-0.3, -0.25) is 14.8 Å². The summed E-state index contributed by atoms with van der Waals surface area (Å²) >= 11 is 0. The molecule has 0 aromatic carbocycles. The lowest BCUT2D eigenvalue weighted by Gasteiger charge is -2.16. The van der Waals surface area contributed by atoms with E-state index in [1.807, 2.05) is 13.8 Å². The van der Waals surface area contributed by atoms with E-state index >= 15 is 0 Å². The molecule has 0 saturated heterocycles. The molecule has 0 aliphatic rings. The van der Waals surface area contributed by atoms with Gasteiger partial charge in [-0.15, -0.1) is 0 Å². The summed E-state index contributed by atoms with van der Waals surface area (Å²) in [6.45, 7) is 3.96. The van der Waals surface area contributed by atoms with Gasteiger partial charge in [-0.25, -0.2) is 5.48 Å². The molecule has 0 spiro atoms. The van der Waals surface area contributed by atoms with Crippen LogP contribution in [0.2, 0.25) is 0 Å². The Bertz CT molecular complexity index is 204. The number of hydrogen-bond acceptors (Lipinski definition) is 3. The first-order valence-corrected chi connectivity index (χ1v) is 4.65. The van der Waals surface area contributed by atoms with Gasteiger partial charge < -0.3 is 5.32 Å². The highest BCUT2D eigenvalue weighted by atomic mass is 16.5. The molecule has 0 radical (unpaired) electrons. The minimum atomic E-state index is -0.528. The van der Waals surface area contributed by atoms with Crippen LogP contribution in [0.3, 0.4) is 0 Å². The molecule has 0 aliphatic heterocycles. The maximum absolute atomic E-state index is 11.3. The Morgan fingerprint density at radius 2 is 1.93 bits per heavy atom. The van der Waals surface area contributed by atoms with Crippen molar-refractivity contribution in [3.05, 3.63) is 0 Å². The van der Waals surface area contributed by atoms with Gasteiger partial charge in [0.25, 0.3) is 0 Å². The van der Waals surface area contributed by atoms with E-state index in [1.54, 1.807) is 0 Å². The van der Waals surface area contributed by atoms with Gasteiger partial charge in [-0.05, 0) is 12.3 Å². The molecule has 5 heteroatoms. The van der Waals surface area contributed by atoms with Crippen LogP contribution in [-0.2, 0) is 9.59 Å². The largest absolute Gasteiger partial charge is 0.359 e. The van der Waals surface area contributed by atoms with Crippen molar-refractivity contribution in [2.24, 2.45) is 11.8 Å². The van der Waals surface area contributed by atoms with E-state index in [2.05, 4.69) is 5.32 Å². The van der Waals surface area contributed by atoms with Gasteiger partial charge in [0.05, 0.1) is 0 Å². The summed E-state index contributed by atoms with van der Waals surface area (Å²) in [4.78, 5) is 22.2. The van der Waals surface area contributed by atoms with E-state index in [1.165, 1.54) is 12.5 Å². The van der Waals surface area contributed by atoms with Gasteiger partial charge in [0.15, 0.2) is 0 Å². The van der Waals surface area contributed by atoms with Crippen LogP contribution < -0.4 is 10.8 Å². The predicted molar refractivity (Wildman–Crippen MR) is 51.6 cm³/mol. The second-order valence-electron chi connectivity index (χ2n) is 3.68. The van der Waals surface area contributed by atoms with Crippen LogP contribution in [0.1, 0.15) is 26.7 Å². The fourth-order valence-electron chi connectivity index (χ4n) is 1.33. The molecule has 2 amide bonds. The summed E-state index contributed by atoms with van der Waals surface area (Å²) in [6, 6.07) is 0. The smallest absolute Gasteiger partial charge is 0.244 e. The van der Waals surface area contributed by atoms with Crippen LogP contribution in [0.15, 0.2) is 0 Å². The molecule has 5 nitrogen and oxygen atoms in total. The summed E-state index contributed by atoms with van der Waals surface area (Å²) in [5.41, 5.74) is 1.53. The number of hydroxylamine groups is 1. The lowest BCUT2D eigenvalue weighted by atomic mass is 9.93. The van der Waals surface area contributed by atoms with Crippen molar-refractivity contribution in [2.75, 3.05) is 7.05 Å². The standard InChI is InChI=1S/C9H18N2O3/c1-6(2)4-7(9(13)10-3)5-8(12)11-14/h6-7,14H,4-5H2,1-3H3,(H,10,13)(H,11,12)/t7-/m1/s1. The zero-order valence-corrected chi connectivity index (χ0v) is 8.83. The maximum Gasteiger partial charge on any atom is 0.244 e. The molecule has 0 rings (SSSR count). The summed E-state index contributed by atoms with van der Waals surface area (Å²) in [7, 11) is 1.53. The van der Waals surface area contributed by atoms with E-state index in [0.29, 0.717) is 12.3 Å². The van der Waals surface area contributed by atoms with Crippen molar-refractivity contribution in [3.63, 3.8) is 0 Å². The molecule has 1 atom stereocenters. The highest BCUT2D eigenvalue weighted by Crippen LogP contribution is 2.15. The quantitative estimate of drug-likeness (QED) is 0.443. The van der Waals surface area contributed by atoms with Crippen LogP contribution in [-0.4, -0.2) is 24.1 Å². The molecular weight excluding hydrogens is 184 g/mol. The van der Waals surface area contributed by atoms with Gasteiger partial charge in [0.1, 0.15) is 0 Å². The van der Waals surface area contributed by atoms with E-state index in [-0.39, 0.29) is 18.2 Å². The Balaban J connectivity index is 4.24. The molecule has 0 heterocycles. The molecule has 3 N–H and O–H groups in total. The molecule has 0 aromatic heterocycles. The summed E-state index contributed by atoms with van der Waals surface area (Å²) < 4.78 is 0. The van der Waals surface area contributed by atoms with Crippen LogP contribution in [0.4, 0.5) is 0 Å². The van der Waals surface area contributed by atoms with Gasteiger partial charge in [-0.1, -0.05) is 13.8 Å². The van der Waals surface area contributed by atoms with Crippen molar-refractivity contribution >= 4 is 11.8 Å². The zero-order chi connectivity index (χ0) is 11.1. The number of carbonyl (C=O) groups excluding carboxylic acids is 2. The van der Waals surface area contributed by atoms with E-state index in [4.69, 9.17) is 5.21 Å². The van der Waals surface area contributed by atoms with Crippen molar-refractivity contribution in [3.8, 4) is 0 Å². The van der Waals surface area contributed by atoms with Gasteiger partial charge in [0, 0.05) is 19.4 Å². The predicted octanol–water partition coefficient (Wildman–Crippen LogP) is 0.290. The summed E-state index contributed by atoms with van der Waals surface area (Å²) in [5.74, 6) is -0.725. The average Bonchev–Trinajstić information content (AvgIpc) is 2.14. The minimum absolute atomic E-state index is 0.0222. The third kappa shape index (κ3) is 4.81. The molecule has 0 aromatic rings. The molecule has 0 aliphatic carbocycles. The van der Waals surface area contributed by atoms with Gasteiger partial charge >= 0.3 is 0 Å². The third-order valence-corrected chi connectivity index (χ3v) is 1.93. The molecule has 0 unspecified atom stereocenters. The molecule has 0 saturated carbocycles. The molecule has 14 heavy (non-hydrogen) atoms. The third-order valence-electron chi connectivity index (χ3n) is 1.93. The fraction of sp³-hybridized carbons (Fsp3) is 0.778. The number of hydrogen-bond donors (Lipinski definition) is 3. The van der Waals surface area contributed by atoms with Gasteiger partial charge in [-0.2, -0.15) is 0 Å². The monoisotopic (exact) mass is 202 g/mol. The van der Waals surface area contributed by atoms with E-state index in [0.717, 1.165) is 0 Å². The van der Waals surface area contributed by atoms with Crippen LogP contribution in [0.5, 0.6) is 0 Å². The summed E-state index contributed by atoms with van der Waals surface area (Å²) in [6.07, 6.45) is 0.654.